The molecule has 1 aromatic heterocycles. The van der Waals surface area contributed by atoms with E-state index in [0.29, 0.717) is 13.2 Å². The molecule has 1 saturated heterocycles. The maximum atomic E-state index is 10.8. The van der Waals surface area contributed by atoms with Crippen LogP contribution in [0.5, 0.6) is 0 Å². The fraction of sp³-hybridized carbons (Fsp3) is 0.500. The molecule has 0 saturated carbocycles. The smallest absolute Gasteiger partial charge is 0.408 e. The summed E-state index contributed by atoms with van der Waals surface area (Å²) in [6, 6.07) is 0. The van der Waals surface area contributed by atoms with Crippen LogP contribution in [-0.4, -0.2) is 24.7 Å². The molecule has 14 heavy (non-hydrogen) atoms. The van der Waals surface area contributed by atoms with Gasteiger partial charge in [0.2, 0.25) is 0 Å². The Morgan fingerprint density at radius 2 is 2.71 bits per heavy atom. The zero-order valence-electron chi connectivity index (χ0n) is 7.65. The number of ether oxygens (including phenoxy) is 2. The van der Waals surface area contributed by atoms with Crippen molar-refractivity contribution < 1.29 is 14.3 Å². The van der Waals surface area contributed by atoms with Gasteiger partial charge in [0.1, 0.15) is 5.01 Å². The molecule has 0 spiro atoms. The summed E-state index contributed by atoms with van der Waals surface area (Å²) in [5.41, 5.74) is 0.792. The molecule has 6 heteroatoms. The number of carbonyl (C=O) groups excluding carboxylic acids is 1. The number of rotatable bonds is 3. The Balaban J connectivity index is 2.05. The normalized spacial score (nSPS) is 20.6. The minimum absolute atomic E-state index is 0.246. The molecule has 1 fully saturated rings. The molecule has 0 aromatic carbocycles. The van der Waals surface area contributed by atoms with Gasteiger partial charge in [0.15, 0.2) is 6.10 Å². The van der Waals surface area contributed by atoms with Gasteiger partial charge in [-0.05, 0) is 0 Å². The van der Waals surface area contributed by atoms with E-state index < -0.39 is 0 Å². The van der Waals surface area contributed by atoms with Crippen LogP contribution in [0.15, 0.2) is 5.38 Å². The monoisotopic (exact) mass is 214 g/mol. The highest BCUT2D eigenvalue weighted by molar-refractivity contribution is 7.09. The molecule has 1 aliphatic rings. The van der Waals surface area contributed by atoms with Gasteiger partial charge in [0.05, 0.1) is 18.8 Å². The zero-order chi connectivity index (χ0) is 9.97. The summed E-state index contributed by atoms with van der Waals surface area (Å²) in [5.74, 6) is 0. The fourth-order valence-electron chi connectivity index (χ4n) is 1.22. The maximum Gasteiger partial charge on any atom is 0.408 e. The first-order valence-electron chi connectivity index (χ1n) is 4.17. The van der Waals surface area contributed by atoms with E-state index in [0.717, 1.165) is 10.7 Å². The van der Waals surface area contributed by atoms with Crippen molar-refractivity contribution in [2.45, 2.75) is 12.7 Å². The second-order valence-electron chi connectivity index (χ2n) is 2.87. The summed E-state index contributed by atoms with van der Waals surface area (Å²) in [6.45, 7) is 0.994. The zero-order valence-corrected chi connectivity index (χ0v) is 8.47. The highest BCUT2D eigenvalue weighted by atomic mass is 32.1. The van der Waals surface area contributed by atoms with E-state index in [1.54, 1.807) is 7.11 Å². The molecule has 0 aliphatic carbocycles. The van der Waals surface area contributed by atoms with Crippen molar-refractivity contribution in [2.24, 2.45) is 0 Å². The molecule has 5 nitrogen and oxygen atoms in total. The third-order valence-electron chi connectivity index (χ3n) is 1.85. The first kappa shape index (κ1) is 9.42. The molecule has 1 N–H and O–H groups in total. The van der Waals surface area contributed by atoms with Gasteiger partial charge in [-0.15, -0.1) is 11.3 Å². The highest BCUT2D eigenvalue weighted by Crippen LogP contribution is 2.22. The fourth-order valence-corrected chi connectivity index (χ4v) is 2.02. The highest BCUT2D eigenvalue weighted by Gasteiger charge is 2.26. The van der Waals surface area contributed by atoms with Crippen molar-refractivity contribution in [1.29, 1.82) is 0 Å². The second-order valence-corrected chi connectivity index (χ2v) is 3.82. The van der Waals surface area contributed by atoms with Crippen LogP contribution in [0.2, 0.25) is 0 Å². The number of thiazole rings is 1. The molecule has 0 bridgehead atoms. The van der Waals surface area contributed by atoms with Gasteiger partial charge in [-0.3, -0.25) is 0 Å². The minimum atomic E-state index is -0.378. The third kappa shape index (κ3) is 1.85. The number of nitrogens with one attached hydrogen (secondary N) is 1. The number of hydrogen-bond acceptors (Lipinski definition) is 5. The molecule has 76 valence electrons. The van der Waals surface area contributed by atoms with Crippen molar-refractivity contribution in [3.05, 3.63) is 16.1 Å². The lowest BCUT2D eigenvalue weighted by molar-refractivity contribution is 0.139. The number of amides is 1. The van der Waals surface area contributed by atoms with Gasteiger partial charge < -0.3 is 14.8 Å². The van der Waals surface area contributed by atoms with Gasteiger partial charge in [-0.2, -0.15) is 0 Å². The lowest BCUT2D eigenvalue weighted by Gasteiger charge is -2.02. The Labute approximate surface area is 85.0 Å². The number of methoxy groups -OCH3 is 1. The maximum absolute atomic E-state index is 10.8. The molecule has 1 unspecified atom stereocenters. The van der Waals surface area contributed by atoms with Crippen LogP contribution in [0.3, 0.4) is 0 Å². The molecule has 1 atom stereocenters. The topological polar surface area (TPSA) is 60.5 Å². The standard InChI is InChI=1S/C8H10N2O3S/c1-12-3-7-10-5(4-14-7)6-2-9-8(11)13-6/h4,6H,2-3H2,1H3,(H,9,11). The van der Waals surface area contributed by atoms with Crippen molar-refractivity contribution in [3.8, 4) is 0 Å². The Kier molecular flexibility index (Phi) is 2.64. The molecule has 1 aliphatic heterocycles. The second kappa shape index (κ2) is 3.93. The predicted molar refractivity (Wildman–Crippen MR) is 50.1 cm³/mol. The number of alkyl carbamates (subject to hydrolysis) is 1. The van der Waals surface area contributed by atoms with E-state index in [1.165, 1.54) is 11.3 Å². The summed E-state index contributed by atoms with van der Waals surface area (Å²) in [4.78, 5) is 15.1. The number of carbonyl (C=O) groups is 1. The number of cyclic esters (lactones) is 1. The number of nitrogens with zero attached hydrogens (tertiary/aromatic N) is 1. The average molecular weight is 214 g/mol. The summed E-state index contributed by atoms with van der Waals surface area (Å²) in [5, 5.41) is 5.36. The molecular weight excluding hydrogens is 204 g/mol. The summed E-state index contributed by atoms with van der Waals surface area (Å²) < 4.78 is 9.94. The molecule has 2 rings (SSSR count). The van der Waals surface area contributed by atoms with E-state index in [-0.39, 0.29) is 12.2 Å². The van der Waals surface area contributed by atoms with Crippen LogP contribution in [0.4, 0.5) is 4.79 Å². The van der Waals surface area contributed by atoms with Gasteiger partial charge in [-0.25, -0.2) is 9.78 Å². The van der Waals surface area contributed by atoms with Crippen molar-refractivity contribution in [2.75, 3.05) is 13.7 Å². The van der Waals surface area contributed by atoms with Crippen LogP contribution >= 0.6 is 11.3 Å². The van der Waals surface area contributed by atoms with E-state index in [1.807, 2.05) is 5.38 Å². The molecular formula is C8H10N2O3S. The molecule has 0 radical (unpaired) electrons. The molecule has 2 heterocycles. The first-order valence-corrected chi connectivity index (χ1v) is 5.05. The lowest BCUT2D eigenvalue weighted by Crippen LogP contribution is -2.12. The lowest BCUT2D eigenvalue weighted by atomic mass is 10.3. The summed E-state index contributed by atoms with van der Waals surface area (Å²) in [7, 11) is 1.62. The Morgan fingerprint density at radius 1 is 1.86 bits per heavy atom. The van der Waals surface area contributed by atoms with Crippen LogP contribution in [0.25, 0.3) is 0 Å². The van der Waals surface area contributed by atoms with E-state index in [2.05, 4.69) is 10.3 Å². The number of aromatic nitrogens is 1. The quantitative estimate of drug-likeness (QED) is 0.817. The summed E-state index contributed by atoms with van der Waals surface area (Å²) >= 11 is 1.51. The minimum Gasteiger partial charge on any atom is -0.438 e. The molecule has 1 amide bonds. The number of hydrogen-bond donors (Lipinski definition) is 1. The van der Waals surface area contributed by atoms with Crippen LogP contribution in [0.1, 0.15) is 16.8 Å². The molecule has 1 aromatic rings. The van der Waals surface area contributed by atoms with Crippen molar-refractivity contribution in [3.63, 3.8) is 0 Å². The van der Waals surface area contributed by atoms with E-state index >= 15 is 0 Å². The van der Waals surface area contributed by atoms with Crippen LogP contribution in [0, 0.1) is 0 Å². The average Bonchev–Trinajstić information content (AvgIpc) is 2.74. The Morgan fingerprint density at radius 3 is 3.36 bits per heavy atom. The Hall–Kier alpha value is -1.14. The Bertz CT molecular complexity index is 339. The van der Waals surface area contributed by atoms with Gasteiger partial charge in [0.25, 0.3) is 0 Å². The van der Waals surface area contributed by atoms with Gasteiger partial charge in [0, 0.05) is 12.5 Å². The SMILES string of the molecule is COCc1nc(C2CNC(=O)O2)cs1. The van der Waals surface area contributed by atoms with E-state index in [4.69, 9.17) is 9.47 Å². The largest absolute Gasteiger partial charge is 0.438 e. The predicted octanol–water partition coefficient (Wildman–Crippen LogP) is 1.07. The van der Waals surface area contributed by atoms with Crippen LogP contribution in [-0.2, 0) is 16.1 Å². The van der Waals surface area contributed by atoms with Gasteiger partial charge >= 0.3 is 6.09 Å². The summed E-state index contributed by atoms with van der Waals surface area (Å²) in [6.07, 6.45) is -0.624. The van der Waals surface area contributed by atoms with Crippen molar-refractivity contribution in [1.82, 2.24) is 10.3 Å². The third-order valence-corrected chi connectivity index (χ3v) is 2.69. The van der Waals surface area contributed by atoms with Gasteiger partial charge in [-0.1, -0.05) is 0 Å². The van der Waals surface area contributed by atoms with E-state index in [9.17, 15) is 4.79 Å². The first-order chi connectivity index (χ1) is 6.79. The van der Waals surface area contributed by atoms with Crippen LogP contribution < -0.4 is 5.32 Å². The van der Waals surface area contributed by atoms with Crippen molar-refractivity contribution >= 4 is 17.4 Å².